The zero-order chi connectivity index (χ0) is 28.8. The number of nitrogens with zero attached hydrogens (tertiary/aromatic N) is 2. The summed E-state index contributed by atoms with van der Waals surface area (Å²) in [6.07, 6.45) is 3.34. The van der Waals surface area contributed by atoms with Gasteiger partial charge in [0.25, 0.3) is 0 Å². The third-order valence-corrected chi connectivity index (χ3v) is 6.98. The molecule has 0 aliphatic rings. The molecule has 12 nitrogen and oxygen atoms in total. The molecule has 4 aromatic rings. The summed E-state index contributed by atoms with van der Waals surface area (Å²) >= 11 is 0. The van der Waals surface area contributed by atoms with E-state index in [2.05, 4.69) is 9.97 Å². The monoisotopic (exact) mass is 550 g/mol. The molecule has 2 unspecified atom stereocenters. The van der Waals surface area contributed by atoms with E-state index in [0.29, 0.717) is 11.1 Å². The minimum atomic E-state index is -1.26. The number of carbonyl (C=O) groups is 4. The van der Waals surface area contributed by atoms with E-state index in [1.54, 1.807) is 12.4 Å². The molecule has 0 spiro atoms. The van der Waals surface area contributed by atoms with Gasteiger partial charge in [-0.3, -0.25) is 29.0 Å². The van der Waals surface area contributed by atoms with Crippen molar-refractivity contribution in [3.8, 4) is 0 Å². The van der Waals surface area contributed by atoms with E-state index in [1.165, 1.54) is 9.80 Å². The van der Waals surface area contributed by atoms with Gasteiger partial charge in [-0.1, -0.05) is 36.4 Å². The van der Waals surface area contributed by atoms with Crippen LogP contribution in [0.5, 0.6) is 0 Å². The molecule has 4 rings (SSSR count). The van der Waals surface area contributed by atoms with Gasteiger partial charge in [0.1, 0.15) is 12.1 Å². The van der Waals surface area contributed by atoms with Crippen molar-refractivity contribution in [2.24, 2.45) is 0 Å². The molecule has 0 aliphatic heterocycles. The summed E-state index contributed by atoms with van der Waals surface area (Å²) < 4.78 is 0. The van der Waals surface area contributed by atoms with Gasteiger partial charge in [-0.05, 0) is 23.3 Å². The summed E-state index contributed by atoms with van der Waals surface area (Å²) in [6, 6.07) is 12.1. The Balaban J connectivity index is 1.58. The summed E-state index contributed by atoms with van der Waals surface area (Å²) in [5, 5.41) is 40.8. The van der Waals surface area contributed by atoms with Crippen LogP contribution in [-0.2, 0) is 32.0 Å². The highest BCUT2D eigenvalue weighted by Gasteiger charge is 2.32. The summed E-state index contributed by atoms with van der Waals surface area (Å²) in [4.78, 5) is 56.7. The first-order chi connectivity index (χ1) is 19.1. The van der Waals surface area contributed by atoms with E-state index in [9.17, 15) is 39.6 Å². The van der Waals surface area contributed by atoms with Crippen molar-refractivity contribution < 1.29 is 39.6 Å². The molecule has 0 fully saturated rings. The number of H-pyrrole nitrogens is 2. The minimum absolute atomic E-state index is 0.0107. The Morgan fingerprint density at radius 2 is 1.00 bits per heavy atom. The second-order valence-electron chi connectivity index (χ2n) is 9.56. The number of rotatable bonds is 15. The first-order valence-corrected chi connectivity index (χ1v) is 12.6. The van der Waals surface area contributed by atoms with E-state index in [4.69, 9.17) is 0 Å². The number of carboxylic acid groups (broad SMARTS) is 4. The van der Waals surface area contributed by atoms with Crippen LogP contribution in [0.25, 0.3) is 21.8 Å². The third-order valence-electron chi connectivity index (χ3n) is 6.98. The molecule has 2 aromatic carbocycles. The van der Waals surface area contributed by atoms with Crippen LogP contribution in [0.15, 0.2) is 60.9 Å². The van der Waals surface area contributed by atoms with Crippen LogP contribution in [0.1, 0.15) is 11.1 Å². The summed E-state index contributed by atoms with van der Waals surface area (Å²) in [7, 11) is 0. The Morgan fingerprint density at radius 1 is 0.625 bits per heavy atom. The van der Waals surface area contributed by atoms with Crippen molar-refractivity contribution in [3.63, 3.8) is 0 Å². The SMILES string of the molecule is O=C(O)CN(CCN(CC(=O)O)C(Cc1c[nH]c2ccccc12)C(=O)O)C(Cc1c[nH]c2ccccc12)C(=O)O. The largest absolute Gasteiger partial charge is 0.480 e. The van der Waals surface area contributed by atoms with Gasteiger partial charge in [-0.25, -0.2) is 0 Å². The average molecular weight is 551 g/mol. The molecular formula is C28H30N4O8. The molecular weight excluding hydrogens is 520 g/mol. The van der Waals surface area contributed by atoms with Gasteiger partial charge >= 0.3 is 23.9 Å². The number of aliphatic carboxylic acids is 4. The highest BCUT2D eigenvalue weighted by atomic mass is 16.4. The predicted molar refractivity (Wildman–Crippen MR) is 145 cm³/mol. The van der Waals surface area contributed by atoms with Crippen molar-refractivity contribution in [1.29, 1.82) is 0 Å². The molecule has 0 aliphatic carbocycles. The lowest BCUT2D eigenvalue weighted by Gasteiger charge is -2.32. The maximum atomic E-state index is 12.3. The zero-order valence-corrected chi connectivity index (χ0v) is 21.5. The van der Waals surface area contributed by atoms with Crippen LogP contribution in [0.4, 0.5) is 0 Å². The molecule has 0 bridgehead atoms. The fourth-order valence-electron chi connectivity index (χ4n) is 5.06. The first kappa shape index (κ1) is 28.3. The average Bonchev–Trinajstić information content (AvgIpc) is 3.51. The van der Waals surface area contributed by atoms with Gasteiger partial charge in [0, 0.05) is 60.1 Å². The van der Waals surface area contributed by atoms with E-state index in [-0.39, 0.29) is 25.9 Å². The number of hydrogen-bond acceptors (Lipinski definition) is 6. The van der Waals surface area contributed by atoms with Crippen LogP contribution in [0.3, 0.4) is 0 Å². The van der Waals surface area contributed by atoms with Crippen LogP contribution in [-0.4, -0.2) is 102 Å². The Labute approximate surface area is 228 Å². The topological polar surface area (TPSA) is 187 Å². The van der Waals surface area contributed by atoms with E-state index in [1.807, 2.05) is 48.5 Å². The molecule has 210 valence electrons. The van der Waals surface area contributed by atoms with Crippen molar-refractivity contribution in [3.05, 3.63) is 72.1 Å². The molecule has 2 aromatic heterocycles. The highest BCUT2D eigenvalue weighted by Crippen LogP contribution is 2.23. The number of carboxylic acids is 4. The number of hydrogen-bond donors (Lipinski definition) is 6. The van der Waals surface area contributed by atoms with Crippen molar-refractivity contribution in [2.45, 2.75) is 24.9 Å². The number of fused-ring (bicyclic) bond motifs is 2. The number of aromatic amines is 2. The summed E-state index contributed by atoms with van der Waals surface area (Å²) in [6.45, 7) is -1.62. The summed E-state index contributed by atoms with van der Waals surface area (Å²) in [5.41, 5.74) is 2.98. The highest BCUT2D eigenvalue weighted by molar-refractivity contribution is 5.85. The molecule has 40 heavy (non-hydrogen) atoms. The predicted octanol–water partition coefficient (Wildman–Crippen LogP) is 2.11. The maximum absolute atomic E-state index is 12.3. The Hall–Kier alpha value is -4.68. The van der Waals surface area contributed by atoms with Crippen LogP contribution in [0, 0.1) is 0 Å². The lowest BCUT2D eigenvalue weighted by molar-refractivity contribution is -0.150. The second kappa shape index (κ2) is 12.5. The fraction of sp³-hybridized carbons (Fsp3) is 0.286. The third kappa shape index (κ3) is 6.65. The number of aromatic nitrogens is 2. The van der Waals surface area contributed by atoms with E-state index in [0.717, 1.165) is 21.8 Å². The van der Waals surface area contributed by atoms with Gasteiger partial charge in [-0.15, -0.1) is 0 Å². The Kier molecular flexibility index (Phi) is 8.82. The van der Waals surface area contributed by atoms with Gasteiger partial charge in [0.15, 0.2) is 0 Å². The molecule has 2 atom stereocenters. The molecule has 0 saturated carbocycles. The standard InChI is InChI=1S/C28H30N4O8/c33-25(34)15-31(23(27(37)38)11-17-13-29-21-7-3-1-5-19(17)21)9-10-32(16-26(35)36)24(28(39)40)12-18-14-30-22-8-4-2-6-20(18)22/h1-8,13-14,23-24,29-30H,9-12,15-16H2,(H,33,34)(H,35,36)(H,37,38)(H,39,40). The van der Waals surface area contributed by atoms with Crippen molar-refractivity contribution in [2.75, 3.05) is 26.2 Å². The normalized spacial score (nSPS) is 13.2. The Bertz CT molecular complexity index is 1410. The number of nitrogens with one attached hydrogen (secondary N) is 2. The maximum Gasteiger partial charge on any atom is 0.321 e. The zero-order valence-electron chi connectivity index (χ0n) is 21.5. The summed E-state index contributed by atoms with van der Waals surface area (Å²) in [5.74, 6) is -5.01. The van der Waals surface area contributed by atoms with Crippen LogP contribution >= 0.6 is 0 Å². The minimum Gasteiger partial charge on any atom is -0.480 e. The van der Waals surface area contributed by atoms with Gasteiger partial charge in [-0.2, -0.15) is 0 Å². The van der Waals surface area contributed by atoms with Crippen LogP contribution < -0.4 is 0 Å². The fourth-order valence-corrected chi connectivity index (χ4v) is 5.06. The second-order valence-corrected chi connectivity index (χ2v) is 9.56. The van der Waals surface area contributed by atoms with Crippen LogP contribution in [0.2, 0.25) is 0 Å². The number of para-hydroxylation sites is 2. The lowest BCUT2D eigenvalue weighted by Crippen LogP contribution is -2.52. The molecule has 12 heteroatoms. The molecule has 0 saturated heterocycles. The Morgan fingerprint density at radius 3 is 1.35 bits per heavy atom. The lowest BCUT2D eigenvalue weighted by atomic mass is 10.0. The molecule has 6 N–H and O–H groups in total. The van der Waals surface area contributed by atoms with E-state index >= 15 is 0 Å². The van der Waals surface area contributed by atoms with Crippen molar-refractivity contribution >= 4 is 45.7 Å². The van der Waals surface area contributed by atoms with Gasteiger partial charge < -0.3 is 30.4 Å². The quantitative estimate of drug-likeness (QED) is 0.128. The van der Waals surface area contributed by atoms with E-state index < -0.39 is 49.1 Å². The first-order valence-electron chi connectivity index (χ1n) is 12.6. The van der Waals surface area contributed by atoms with Gasteiger partial charge in [0.05, 0.1) is 13.1 Å². The smallest absolute Gasteiger partial charge is 0.321 e. The van der Waals surface area contributed by atoms with Crippen molar-refractivity contribution in [1.82, 2.24) is 19.8 Å². The number of benzene rings is 2. The molecule has 2 heterocycles. The van der Waals surface area contributed by atoms with Gasteiger partial charge in [0.2, 0.25) is 0 Å². The molecule has 0 amide bonds. The molecule has 0 radical (unpaired) electrons.